The van der Waals surface area contributed by atoms with Gasteiger partial charge in [0.1, 0.15) is 0 Å². The summed E-state index contributed by atoms with van der Waals surface area (Å²) in [6.07, 6.45) is 1.43. The molecule has 2 aromatic carbocycles. The summed E-state index contributed by atoms with van der Waals surface area (Å²) in [4.78, 5) is 29.7. The number of nitrogens with zero attached hydrogens (tertiary/aromatic N) is 2. The Morgan fingerprint density at radius 1 is 1.14 bits per heavy atom. The quantitative estimate of drug-likeness (QED) is 0.469. The van der Waals surface area contributed by atoms with Gasteiger partial charge in [0.25, 0.3) is 0 Å². The SMILES string of the molecule is O=C(Nc1ccc(Br)c(Cl)c1)N1CCC(n2c(=O)[nH]c3c(Br)cccc32)CC1. The third-order valence-electron chi connectivity index (χ3n) is 4.99. The lowest BCUT2D eigenvalue weighted by molar-refractivity contribution is 0.184. The van der Waals surface area contributed by atoms with E-state index in [2.05, 4.69) is 42.2 Å². The number of carbonyl (C=O) groups is 1. The summed E-state index contributed by atoms with van der Waals surface area (Å²) in [6.45, 7) is 1.15. The molecule has 0 radical (unpaired) electrons. The summed E-state index contributed by atoms with van der Waals surface area (Å²) in [7, 11) is 0. The monoisotopic (exact) mass is 526 g/mol. The van der Waals surface area contributed by atoms with E-state index in [-0.39, 0.29) is 17.8 Å². The van der Waals surface area contributed by atoms with Gasteiger partial charge in [0.05, 0.1) is 16.1 Å². The first kappa shape index (κ1) is 19.5. The molecule has 4 rings (SSSR count). The van der Waals surface area contributed by atoms with Crippen molar-refractivity contribution in [2.75, 3.05) is 18.4 Å². The lowest BCUT2D eigenvalue weighted by Gasteiger charge is -2.32. The molecule has 2 amide bonds. The van der Waals surface area contributed by atoms with Gasteiger partial charge in [0.2, 0.25) is 0 Å². The average Bonchev–Trinajstić information content (AvgIpc) is 3.02. The average molecular weight is 529 g/mol. The zero-order valence-electron chi connectivity index (χ0n) is 14.7. The van der Waals surface area contributed by atoms with Crippen molar-refractivity contribution in [2.45, 2.75) is 18.9 Å². The largest absolute Gasteiger partial charge is 0.326 e. The number of imidazole rings is 1. The molecule has 0 saturated carbocycles. The first-order chi connectivity index (χ1) is 13.4. The number of aromatic nitrogens is 2. The highest BCUT2D eigenvalue weighted by atomic mass is 79.9. The van der Waals surface area contributed by atoms with Crippen LogP contribution in [0.5, 0.6) is 0 Å². The second kappa shape index (κ2) is 7.93. The molecule has 2 N–H and O–H groups in total. The van der Waals surface area contributed by atoms with E-state index < -0.39 is 0 Å². The third kappa shape index (κ3) is 3.73. The highest BCUT2D eigenvalue weighted by Gasteiger charge is 2.26. The highest BCUT2D eigenvalue weighted by molar-refractivity contribution is 9.11. The van der Waals surface area contributed by atoms with Crippen LogP contribution < -0.4 is 11.0 Å². The maximum atomic E-state index is 12.6. The number of fused-ring (bicyclic) bond motifs is 1. The van der Waals surface area contributed by atoms with Crippen molar-refractivity contribution in [3.05, 3.63) is 60.9 Å². The molecule has 0 spiro atoms. The maximum Gasteiger partial charge on any atom is 0.326 e. The van der Waals surface area contributed by atoms with Crippen LogP contribution in [0.1, 0.15) is 18.9 Å². The van der Waals surface area contributed by atoms with Crippen LogP contribution in [-0.2, 0) is 0 Å². The van der Waals surface area contributed by atoms with E-state index in [9.17, 15) is 9.59 Å². The Balaban J connectivity index is 1.45. The van der Waals surface area contributed by atoms with Gasteiger partial charge in [-0.05, 0) is 75.0 Å². The number of piperidine rings is 1. The lowest BCUT2D eigenvalue weighted by atomic mass is 10.0. The van der Waals surface area contributed by atoms with Gasteiger partial charge in [-0.2, -0.15) is 0 Å². The third-order valence-corrected chi connectivity index (χ3v) is 6.88. The van der Waals surface area contributed by atoms with E-state index in [0.717, 1.165) is 20.0 Å². The molecule has 0 unspecified atom stereocenters. The molecule has 0 bridgehead atoms. The van der Waals surface area contributed by atoms with Crippen molar-refractivity contribution in [3.8, 4) is 0 Å². The number of rotatable bonds is 2. The number of para-hydroxylation sites is 1. The minimum absolute atomic E-state index is 0.0572. The summed E-state index contributed by atoms with van der Waals surface area (Å²) in [5, 5.41) is 3.42. The number of nitrogens with one attached hydrogen (secondary N) is 2. The van der Waals surface area contributed by atoms with E-state index in [0.29, 0.717) is 36.6 Å². The van der Waals surface area contributed by atoms with Crippen molar-refractivity contribution >= 4 is 66.2 Å². The van der Waals surface area contributed by atoms with Crippen molar-refractivity contribution < 1.29 is 4.79 Å². The predicted molar refractivity (Wildman–Crippen MR) is 118 cm³/mol. The number of halogens is 3. The zero-order chi connectivity index (χ0) is 19.8. The van der Waals surface area contributed by atoms with Crippen LogP contribution in [0, 0.1) is 0 Å². The van der Waals surface area contributed by atoms with Crippen LogP contribution in [0.2, 0.25) is 5.02 Å². The highest BCUT2D eigenvalue weighted by Crippen LogP contribution is 2.29. The lowest BCUT2D eigenvalue weighted by Crippen LogP contribution is -2.42. The number of likely N-dealkylation sites (tertiary alicyclic amines) is 1. The summed E-state index contributed by atoms with van der Waals surface area (Å²) in [5.41, 5.74) is 2.22. The molecule has 2 heterocycles. The van der Waals surface area contributed by atoms with Gasteiger partial charge in [-0.1, -0.05) is 17.7 Å². The minimum Gasteiger partial charge on any atom is -0.324 e. The fourth-order valence-corrected chi connectivity index (χ4v) is 4.46. The van der Waals surface area contributed by atoms with Crippen molar-refractivity contribution in [1.82, 2.24) is 14.5 Å². The molecule has 9 heteroatoms. The fraction of sp³-hybridized carbons (Fsp3) is 0.263. The number of anilines is 1. The van der Waals surface area contributed by atoms with Gasteiger partial charge in [-0.15, -0.1) is 0 Å². The van der Waals surface area contributed by atoms with Gasteiger partial charge in [-0.25, -0.2) is 9.59 Å². The Kier molecular flexibility index (Phi) is 5.53. The molecule has 146 valence electrons. The van der Waals surface area contributed by atoms with Crippen molar-refractivity contribution in [3.63, 3.8) is 0 Å². The summed E-state index contributed by atoms with van der Waals surface area (Å²) in [6, 6.07) is 11.0. The Morgan fingerprint density at radius 3 is 2.61 bits per heavy atom. The maximum absolute atomic E-state index is 12.6. The van der Waals surface area contributed by atoms with E-state index in [1.807, 2.05) is 22.8 Å². The van der Waals surface area contributed by atoms with E-state index in [4.69, 9.17) is 11.6 Å². The van der Waals surface area contributed by atoms with Gasteiger partial charge >= 0.3 is 11.7 Å². The van der Waals surface area contributed by atoms with Crippen LogP contribution in [0.3, 0.4) is 0 Å². The van der Waals surface area contributed by atoms with E-state index in [1.54, 1.807) is 23.1 Å². The molecule has 1 aliphatic heterocycles. The number of H-pyrrole nitrogens is 1. The number of benzene rings is 2. The Labute approximate surface area is 183 Å². The number of carbonyl (C=O) groups excluding carboxylic acids is 1. The van der Waals surface area contributed by atoms with E-state index in [1.165, 1.54) is 0 Å². The van der Waals surface area contributed by atoms with E-state index >= 15 is 0 Å². The normalized spacial score (nSPS) is 15.2. The zero-order valence-corrected chi connectivity index (χ0v) is 18.6. The molecular formula is C19H17Br2ClN4O2. The van der Waals surface area contributed by atoms with Gasteiger partial charge in [-0.3, -0.25) is 4.57 Å². The smallest absolute Gasteiger partial charge is 0.324 e. The summed E-state index contributed by atoms with van der Waals surface area (Å²) >= 11 is 12.9. The second-order valence-corrected chi connectivity index (χ2v) is 8.83. The topological polar surface area (TPSA) is 70.1 Å². The Bertz CT molecular complexity index is 1100. The molecule has 1 aromatic heterocycles. The van der Waals surface area contributed by atoms with Crippen LogP contribution in [0.25, 0.3) is 11.0 Å². The van der Waals surface area contributed by atoms with Crippen LogP contribution >= 0.6 is 43.5 Å². The number of aromatic amines is 1. The molecule has 3 aromatic rings. The van der Waals surface area contributed by atoms with Gasteiger partial charge in [0, 0.05) is 33.8 Å². The molecule has 0 aliphatic carbocycles. The molecule has 1 saturated heterocycles. The number of urea groups is 1. The second-order valence-electron chi connectivity index (χ2n) is 6.71. The first-order valence-electron chi connectivity index (χ1n) is 8.84. The fourth-order valence-electron chi connectivity index (χ4n) is 3.58. The summed E-state index contributed by atoms with van der Waals surface area (Å²) in [5.74, 6) is 0. The van der Waals surface area contributed by atoms with Crippen LogP contribution in [0.15, 0.2) is 50.1 Å². The standard InChI is InChI=1S/C19H17Br2ClN4O2/c20-13-5-4-11(10-15(13)22)23-18(27)25-8-6-12(7-9-25)26-16-3-1-2-14(21)17(16)24-19(26)28/h1-5,10,12H,6-9H2,(H,23,27)(H,24,28). The van der Waals surface area contributed by atoms with Crippen LogP contribution in [-0.4, -0.2) is 33.6 Å². The number of hydrogen-bond acceptors (Lipinski definition) is 2. The minimum atomic E-state index is -0.161. The molecule has 6 nitrogen and oxygen atoms in total. The number of amides is 2. The first-order valence-corrected chi connectivity index (χ1v) is 10.8. The molecule has 1 aliphatic rings. The molecular weight excluding hydrogens is 511 g/mol. The molecule has 1 fully saturated rings. The van der Waals surface area contributed by atoms with Crippen LogP contribution in [0.4, 0.5) is 10.5 Å². The molecule has 0 atom stereocenters. The van der Waals surface area contributed by atoms with Crippen molar-refractivity contribution in [2.24, 2.45) is 0 Å². The summed E-state index contributed by atoms with van der Waals surface area (Å²) < 4.78 is 3.46. The van der Waals surface area contributed by atoms with Crippen molar-refractivity contribution in [1.29, 1.82) is 0 Å². The van der Waals surface area contributed by atoms with Gasteiger partial charge in [0.15, 0.2) is 0 Å². The molecule has 28 heavy (non-hydrogen) atoms. The van der Waals surface area contributed by atoms with Gasteiger partial charge < -0.3 is 15.2 Å². The Morgan fingerprint density at radius 2 is 1.89 bits per heavy atom. The number of hydrogen-bond donors (Lipinski definition) is 2. The Hall–Kier alpha value is -1.77. The predicted octanol–water partition coefficient (Wildman–Crippen LogP) is 5.38.